The third-order valence-electron chi connectivity index (χ3n) is 2.48. The lowest BCUT2D eigenvalue weighted by Gasteiger charge is -2.11. The van der Waals surface area contributed by atoms with Gasteiger partial charge < -0.3 is 15.4 Å². The molecule has 0 aromatic heterocycles. The Bertz CT molecular complexity index is 402. The molecule has 1 aromatic rings. The van der Waals surface area contributed by atoms with Crippen molar-refractivity contribution in [2.24, 2.45) is 0 Å². The minimum absolute atomic E-state index is 0. The Labute approximate surface area is 112 Å². The van der Waals surface area contributed by atoms with Gasteiger partial charge >= 0.3 is 0 Å². The molecule has 1 rings (SSSR count). The van der Waals surface area contributed by atoms with Crippen molar-refractivity contribution in [3.05, 3.63) is 29.6 Å². The average molecular weight is 277 g/mol. The van der Waals surface area contributed by atoms with Crippen LogP contribution < -0.4 is 15.4 Å². The van der Waals surface area contributed by atoms with Gasteiger partial charge in [-0.15, -0.1) is 12.4 Å². The predicted octanol–water partition coefficient (Wildman–Crippen LogP) is 1.59. The normalized spacial score (nSPS) is 11.3. The van der Waals surface area contributed by atoms with Crippen LogP contribution in [0.25, 0.3) is 0 Å². The minimum atomic E-state index is -0.540. The van der Waals surface area contributed by atoms with E-state index in [1.54, 1.807) is 0 Å². The number of ether oxygens (including phenoxy) is 1. The van der Waals surface area contributed by atoms with E-state index in [-0.39, 0.29) is 35.7 Å². The number of methoxy groups -OCH3 is 1. The number of amides is 1. The number of benzene rings is 1. The predicted molar refractivity (Wildman–Crippen MR) is 71.1 cm³/mol. The Hall–Kier alpha value is -1.33. The number of carbonyl (C=O) groups excluding carboxylic acids is 1. The van der Waals surface area contributed by atoms with Gasteiger partial charge in [-0.05, 0) is 32.2 Å². The quantitative estimate of drug-likeness (QED) is 0.859. The SMILES string of the molecule is CNC(C)CNC(=O)c1ccc(OC)c(F)c1.Cl. The van der Waals surface area contributed by atoms with Crippen LogP contribution in [0.2, 0.25) is 0 Å². The first-order valence-electron chi connectivity index (χ1n) is 5.37. The van der Waals surface area contributed by atoms with Gasteiger partial charge in [0, 0.05) is 18.2 Å². The van der Waals surface area contributed by atoms with Crippen molar-refractivity contribution < 1.29 is 13.9 Å². The van der Waals surface area contributed by atoms with Gasteiger partial charge in [0.1, 0.15) is 0 Å². The van der Waals surface area contributed by atoms with Gasteiger partial charge in [-0.25, -0.2) is 4.39 Å². The Morgan fingerprint density at radius 2 is 2.17 bits per heavy atom. The molecular formula is C12H18ClFN2O2. The summed E-state index contributed by atoms with van der Waals surface area (Å²) in [5, 5.41) is 5.70. The van der Waals surface area contributed by atoms with Gasteiger partial charge in [-0.1, -0.05) is 0 Å². The molecule has 2 N–H and O–H groups in total. The Balaban J connectivity index is 0.00000289. The first kappa shape index (κ1) is 16.7. The van der Waals surface area contributed by atoms with Crippen molar-refractivity contribution >= 4 is 18.3 Å². The molecule has 4 nitrogen and oxygen atoms in total. The molecule has 1 aromatic carbocycles. The summed E-state index contributed by atoms with van der Waals surface area (Å²) >= 11 is 0. The summed E-state index contributed by atoms with van der Waals surface area (Å²) < 4.78 is 18.1. The molecule has 0 aliphatic rings. The van der Waals surface area contributed by atoms with Crippen LogP contribution in [-0.2, 0) is 0 Å². The van der Waals surface area contributed by atoms with Crippen LogP contribution in [0, 0.1) is 5.82 Å². The van der Waals surface area contributed by atoms with Crippen molar-refractivity contribution in [2.45, 2.75) is 13.0 Å². The number of nitrogens with one attached hydrogen (secondary N) is 2. The number of likely N-dealkylation sites (N-methyl/N-ethyl adjacent to an activating group) is 1. The Morgan fingerprint density at radius 1 is 1.50 bits per heavy atom. The number of halogens is 2. The number of rotatable bonds is 5. The van der Waals surface area contributed by atoms with Crippen LogP contribution in [0.15, 0.2) is 18.2 Å². The molecule has 0 fully saturated rings. The second-order valence-electron chi connectivity index (χ2n) is 3.75. The van der Waals surface area contributed by atoms with Gasteiger partial charge in [0.05, 0.1) is 7.11 Å². The van der Waals surface area contributed by atoms with E-state index in [1.807, 2.05) is 14.0 Å². The molecule has 1 amide bonds. The van der Waals surface area contributed by atoms with E-state index in [0.29, 0.717) is 6.54 Å². The molecular weight excluding hydrogens is 259 g/mol. The first-order chi connectivity index (χ1) is 8.08. The molecule has 1 atom stereocenters. The summed E-state index contributed by atoms with van der Waals surface area (Å²) in [6.45, 7) is 2.43. The third kappa shape index (κ3) is 4.50. The van der Waals surface area contributed by atoms with Crippen LogP contribution in [0.3, 0.4) is 0 Å². The minimum Gasteiger partial charge on any atom is -0.494 e. The molecule has 1 unspecified atom stereocenters. The van der Waals surface area contributed by atoms with E-state index in [9.17, 15) is 9.18 Å². The van der Waals surface area contributed by atoms with E-state index in [0.717, 1.165) is 6.07 Å². The topological polar surface area (TPSA) is 50.4 Å². The first-order valence-corrected chi connectivity index (χ1v) is 5.37. The fourth-order valence-corrected chi connectivity index (χ4v) is 1.26. The summed E-state index contributed by atoms with van der Waals surface area (Å²) in [4.78, 5) is 11.7. The van der Waals surface area contributed by atoms with Crippen molar-refractivity contribution in [2.75, 3.05) is 20.7 Å². The van der Waals surface area contributed by atoms with Crippen LogP contribution in [0.4, 0.5) is 4.39 Å². The highest BCUT2D eigenvalue weighted by molar-refractivity contribution is 5.94. The molecule has 0 spiro atoms. The summed E-state index contributed by atoms with van der Waals surface area (Å²) in [6.07, 6.45) is 0. The lowest BCUT2D eigenvalue weighted by Crippen LogP contribution is -2.37. The van der Waals surface area contributed by atoms with Crippen LogP contribution in [-0.4, -0.2) is 32.7 Å². The van der Waals surface area contributed by atoms with Gasteiger partial charge in [-0.2, -0.15) is 0 Å². The maximum absolute atomic E-state index is 13.4. The maximum atomic E-state index is 13.4. The highest BCUT2D eigenvalue weighted by Gasteiger charge is 2.10. The zero-order valence-corrected chi connectivity index (χ0v) is 11.4. The van der Waals surface area contributed by atoms with E-state index >= 15 is 0 Å². The van der Waals surface area contributed by atoms with Crippen molar-refractivity contribution in [3.8, 4) is 5.75 Å². The van der Waals surface area contributed by atoms with Gasteiger partial charge in [0.15, 0.2) is 11.6 Å². The van der Waals surface area contributed by atoms with Crippen molar-refractivity contribution in [1.29, 1.82) is 0 Å². The summed E-state index contributed by atoms with van der Waals surface area (Å²) in [5.74, 6) is -0.708. The molecule has 0 aliphatic heterocycles. The largest absolute Gasteiger partial charge is 0.494 e. The maximum Gasteiger partial charge on any atom is 0.251 e. The van der Waals surface area contributed by atoms with Gasteiger partial charge in [0.2, 0.25) is 0 Å². The number of hydrogen-bond acceptors (Lipinski definition) is 3. The zero-order chi connectivity index (χ0) is 12.8. The van der Waals surface area contributed by atoms with Gasteiger partial charge in [-0.3, -0.25) is 4.79 Å². The zero-order valence-electron chi connectivity index (χ0n) is 10.6. The lowest BCUT2D eigenvalue weighted by atomic mass is 10.2. The van der Waals surface area contributed by atoms with Crippen molar-refractivity contribution in [1.82, 2.24) is 10.6 Å². The second kappa shape index (κ2) is 7.89. The molecule has 0 radical (unpaired) electrons. The molecule has 0 heterocycles. The van der Waals surface area contributed by atoms with E-state index in [4.69, 9.17) is 4.74 Å². The molecule has 0 saturated heterocycles. The average Bonchev–Trinajstić information content (AvgIpc) is 2.35. The van der Waals surface area contributed by atoms with Crippen LogP contribution in [0.1, 0.15) is 17.3 Å². The molecule has 0 aliphatic carbocycles. The molecule has 0 saturated carbocycles. The third-order valence-corrected chi connectivity index (χ3v) is 2.48. The monoisotopic (exact) mass is 276 g/mol. The smallest absolute Gasteiger partial charge is 0.251 e. The highest BCUT2D eigenvalue weighted by Crippen LogP contribution is 2.17. The lowest BCUT2D eigenvalue weighted by molar-refractivity contribution is 0.0950. The fraction of sp³-hybridized carbons (Fsp3) is 0.417. The van der Waals surface area contributed by atoms with E-state index in [1.165, 1.54) is 19.2 Å². The van der Waals surface area contributed by atoms with E-state index < -0.39 is 5.82 Å². The number of hydrogen-bond donors (Lipinski definition) is 2. The molecule has 102 valence electrons. The summed E-state index contributed by atoms with van der Waals surface area (Å²) in [6, 6.07) is 4.30. The molecule has 18 heavy (non-hydrogen) atoms. The summed E-state index contributed by atoms with van der Waals surface area (Å²) in [5.41, 5.74) is 0.284. The number of carbonyl (C=O) groups is 1. The van der Waals surface area contributed by atoms with E-state index in [2.05, 4.69) is 10.6 Å². The molecule has 6 heteroatoms. The fourth-order valence-electron chi connectivity index (χ4n) is 1.26. The standard InChI is InChI=1S/C12H17FN2O2.ClH/c1-8(14-2)7-15-12(16)9-4-5-11(17-3)10(13)6-9;/h4-6,8,14H,7H2,1-3H3,(H,15,16);1H. The molecule has 0 bridgehead atoms. The van der Waals surface area contributed by atoms with Crippen molar-refractivity contribution in [3.63, 3.8) is 0 Å². The van der Waals surface area contributed by atoms with Crippen LogP contribution in [0.5, 0.6) is 5.75 Å². The van der Waals surface area contributed by atoms with Gasteiger partial charge in [0.25, 0.3) is 5.91 Å². The summed E-state index contributed by atoms with van der Waals surface area (Å²) in [7, 11) is 3.19. The second-order valence-corrected chi connectivity index (χ2v) is 3.75. The van der Waals surface area contributed by atoms with Crippen LogP contribution >= 0.6 is 12.4 Å². The Morgan fingerprint density at radius 3 is 2.67 bits per heavy atom. The highest BCUT2D eigenvalue weighted by atomic mass is 35.5. The Kier molecular flexibility index (Phi) is 7.31.